The maximum absolute atomic E-state index is 10.6. The molecule has 1 unspecified atom stereocenters. The number of rotatable bonds is 5. The van der Waals surface area contributed by atoms with Crippen LogP contribution in [0, 0.1) is 0 Å². The highest BCUT2D eigenvalue weighted by atomic mass is 35.5. The van der Waals surface area contributed by atoms with Crippen LogP contribution in [0.2, 0.25) is 5.02 Å². The zero-order valence-electron chi connectivity index (χ0n) is 11.6. The summed E-state index contributed by atoms with van der Waals surface area (Å²) in [5.41, 5.74) is 0.772. The molecule has 0 amide bonds. The number of hydrogen-bond donors (Lipinski definition) is 1. The van der Waals surface area contributed by atoms with Gasteiger partial charge in [0.2, 0.25) is 0 Å². The van der Waals surface area contributed by atoms with Gasteiger partial charge in [-0.15, -0.1) is 0 Å². The zero-order valence-corrected chi connectivity index (χ0v) is 12.3. The van der Waals surface area contributed by atoms with Crippen molar-refractivity contribution in [1.29, 1.82) is 0 Å². The fourth-order valence-corrected chi connectivity index (χ4v) is 3.17. The predicted octanol–water partition coefficient (Wildman–Crippen LogP) is 3.98. The largest absolute Gasteiger partial charge is 0.390 e. The maximum Gasteiger partial charge on any atom is 0.0943 e. The normalized spacial score (nSPS) is 20.2. The van der Waals surface area contributed by atoms with Gasteiger partial charge in [0.15, 0.2) is 0 Å². The summed E-state index contributed by atoms with van der Waals surface area (Å²) < 4.78 is 5.95. The highest BCUT2D eigenvalue weighted by Crippen LogP contribution is 2.35. The zero-order chi connectivity index (χ0) is 13.7. The molecule has 0 saturated heterocycles. The molecular formula is C16H23ClO2. The van der Waals surface area contributed by atoms with Crippen molar-refractivity contribution in [3.63, 3.8) is 0 Å². The fourth-order valence-electron chi connectivity index (χ4n) is 3.04. The summed E-state index contributed by atoms with van der Waals surface area (Å²) >= 11 is 5.89. The Bertz CT molecular complexity index is 377. The number of halogens is 1. The van der Waals surface area contributed by atoms with E-state index >= 15 is 0 Å². The number of ether oxygens (including phenoxy) is 1. The SMILES string of the molecule is CCOC1(C(O)Cc2ccc(Cl)cc2)CCCCC1. The monoisotopic (exact) mass is 282 g/mol. The van der Waals surface area contributed by atoms with E-state index in [1.54, 1.807) is 0 Å². The highest BCUT2D eigenvalue weighted by Gasteiger charge is 2.39. The van der Waals surface area contributed by atoms with Gasteiger partial charge in [-0.05, 0) is 37.5 Å². The first-order valence-electron chi connectivity index (χ1n) is 7.23. The number of aliphatic hydroxyl groups excluding tert-OH is 1. The molecule has 0 aromatic heterocycles. The molecule has 0 heterocycles. The summed E-state index contributed by atoms with van der Waals surface area (Å²) in [6.45, 7) is 2.67. The molecule has 0 spiro atoms. The first-order chi connectivity index (χ1) is 9.16. The van der Waals surface area contributed by atoms with Crippen LogP contribution < -0.4 is 0 Å². The lowest BCUT2D eigenvalue weighted by molar-refractivity contribution is -0.138. The second kappa shape index (κ2) is 6.74. The molecule has 1 atom stereocenters. The summed E-state index contributed by atoms with van der Waals surface area (Å²) in [6.07, 6.45) is 5.69. The Morgan fingerprint density at radius 3 is 2.42 bits per heavy atom. The van der Waals surface area contributed by atoms with Crippen molar-refractivity contribution < 1.29 is 9.84 Å². The summed E-state index contributed by atoms with van der Waals surface area (Å²) in [4.78, 5) is 0. The van der Waals surface area contributed by atoms with E-state index in [1.165, 1.54) is 6.42 Å². The van der Waals surface area contributed by atoms with Gasteiger partial charge in [0.25, 0.3) is 0 Å². The van der Waals surface area contributed by atoms with E-state index in [2.05, 4.69) is 0 Å². The van der Waals surface area contributed by atoms with Crippen molar-refractivity contribution in [3.8, 4) is 0 Å². The fraction of sp³-hybridized carbons (Fsp3) is 0.625. The van der Waals surface area contributed by atoms with E-state index in [1.807, 2.05) is 31.2 Å². The highest BCUT2D eigenvalue weighted by molar-refractivity contribution is 6.30. The molecule has 1 aliphatic rings. The maximum atomic E-state index is 10.6. The Morgan fingerprint density at radius 2 is 1.84 bits per heavy atom. The van der Waals surface area contributed by atoms with Crippen LogP contribution in [-0.2, 0) is 11.2 Å². The Kier molecular flexibility index (Phi) is 5.26. The van der Waals surface area contributed by atoms with E-state index in [-0.39, 0.29) is 5.60 Å². The average Bonchev–Trinajstić information content (AvgIpc) is 2.43. The molecule has 1 saturated carbocycles. The summed E-state index contributed by atoms with van der Waals surface area (Å²) in [6, 6.07) is 7.71. The van der Waals surface area contributed by atoms with E-state index < -0.39 is 6.10 Å². The minimum absolute atomic E-state index is 0.341. The molecule has 1 N–H and O–H groups in total. The van der Waals surface area contributed by atoms with Crippen LogP contribution in [0.5, 0.6) is 0 Å². The van der Waals surface area contributed by atoms with Gasteiger partial charge in [0.1, 0.15) is 0 Å². The van der Waals surface area contributed by atoms with Crippen LogP contribution in [0.3, 0.4) is 0 Å². The first-order valence-corrected chi connectivity index (χ1v) is 7.60. The minimum Gasteiger partial charge on any atom is -0.390 e. The number of aliphatic hydroxyl groups is 1. The second-order valence-electron chi connectivity index (χ2n) is 5.40. The quantitative estimate of drug-likeness (QED) is 0.885. The Labute approximate surface area is 120 Å². The van der Waals surface area contributed by atoms with Crippen molar-refractivity contribution >= 4 is 11.6 Å². The van der Waals surface area contributed by atoms with Crippen molar-refractivity contribution in [2.75, 3.05) is 6.61 Å². The molecule has 0 aliphatic heterocycles. The van der Waals surface area contributed by atoms with Crippen LogP contribution in [0.15, 0.2) is 24.3 Å². The third kappa shape index (κ3) is 3.71. The third-order valence-corrected chi connectivity index (χ3v) is 4.33. The van der Waals surface area contributed by atoms with E-state index in [9.17, 15) is 5.11 Å². The van der Waals surface area contributed by atoms with E-state index in [4.69, 9.17) is 16.3 Å². The summed E-state index contributed by atoms with van der Waals surface area (Å²) in [5, 5.41) is 11.4. The van der Waals surface area contributed by atoms with Crippen LogP contribution in [-0.4, -0.2) is 23.4 Å². The molecule has 1 fully saturated rings. The molecular weight excluding hydrogens is 260 g/mol. The van der Waals surface area contributed by atoms with Crippen LogP contribution in [0.25, 0.3) is 0 Å². The van der Waals surface area contributed by atoms with Gasteiger partial charge < -0.3 is 9.84 Å². The van der Waals surface area contributed by atoms with Gasteiger partial charge in [-0.1, -0.05) is 43.0 Å². The average molecular weight is 283 g/mol. The van der Waals surface area contributed by atoms with Crippen molar-refractivity contribution in [3.05, 3.63) is 34.9 Å². The van der Waals surface area contributed by atoms with Gasteiger partial charge >= 0.3 is 0 Å². The Morgan fingerprint density at radius 1 is 1.21 bits per heavy atom. The lowest BCUT2D eigenvalue weighted by Gasteiger charge is -2.41. The lowest BCUT2D eigenvalue weighted by atomic mass is 9.78. The topological polar surface area (TPSA) is 29.5 Å². The van der Waals surface area contributed by atoms with Crippen LogP contribution in [0.1, 0.15) is 44.6 Å². The second-order valence-corrected chi connectivity index (χ2v) is 5.84. The molecule has 1 aliphatic carbocycles. The van der Waals surface area contributed by atoms with Gasteiger partial charge in [-0.2, -0.15) is 0 Å². The lowest BCUT2D eigenvalue weighted by Crippen LogP contribution is -2.47. The molecule has 2 rings (SSSR count). The molecule has 0 radical (unpaired) electrons. The number of hydrogen-bond acceptors (Lipinski definition) is 2. The van der Waals surface area contributed by atoms with Crippen molar-refractivity contribution in [1.82, 2.24) is 0 Å². The van der Waals surface area contributed by atoms with Crippen LogP contribution >= 0.6 is 11.6 Å². The molecule has 1 aromatic rings. The molecule has 0 bridgehead atoms. The summed E-state index contributed by atoms with van der Waals surface area (Å²) in [7, 11) is 0. The molecule has 2 nitrogen and oxygen atoms in total. The van der Waals surface area contributed by atoms with Gasteiger partial charge in [-0.25, -0.2) is 0 Å². The smallest absolute Gasteiger partial charge is 0.0943 e. The molecule has 1 aromatic carbocycles. The van der Waals surface area contributed by atoms with Crippen molar-refractivity contribution in [2.45, 2.75) is 57.2 Å². The molecule has 106 valence electrons. The molecule has 3 heteroatoms. The standard InChI is InChI=1S/C16H23ClO2/c1-2-19-16(10-4-3-5-11-16)15(18)12-13-6-8-14(17)9-7-13/h6-9,15,18H,2-5,10-12H2,1H3. The van der Waals surface area contributed by atoms with E-state index in [0.717, 1.165) is 36.3 Å². The van der Waals surface area contributed by atoms with Crippen molar-refractivity contribution in [2.24, 2.45) is 0 Å². The van der Waals surface area contributed by atoms with E-state index in [0.29, 0.717) is 13.0 Å². The Hall–Kier alpha value is -0.570. The number of benzene rings is 1. The molecule has 19 heavy (non-hydrogen) atoms. The van der Waals surface area contributed by atoms with Gasteiger partial charge in [0, 0.05) is 18.1 Å². The predicted molar refractivity (Wildman–Crippen MR) is 78.6 cm³/mol. The first kappa shape index (κ1) is 14.8. The van der Waals surface area contributed by atoms with Gasteiger partial charge in [-0.3, -0.25) is 0 Å². The summed E-state index contributed by atoms with van der Waals surface area (Å²) in [5.74, 6) is 0. The Balaban J connectivity index is 2.06. The van der Waals surface area contributed by atoms with Crippen LogP contribution in [0.4, 0.5) is 0 Å². The third-order valence-electron chi connectivity index (χ3n) is 4.08. The minimum atomic E-state index is -0.436. The van der Waals surface area contributed by atoms with Gasteiger partial charge in [0.05, 0.1) is 11.7 Å².